The molecule has 0 saturated carbocycles. The van der Waals surface area contributed by atoms with E-state index < -0.39 is 0 Å². The second-order valence-electron chi connectivity index (χ2n) is 3.60. The van der Waals surface area contributed by atoms with Crippen molar-refractivity contribution in [3.8, 4) is 0 Å². The Morgan fingerprint density at radius 2 is 1.94 bits per heavy atom. The molecule has 0 atom stereocenters. The minimum atomic E-state index is -0.195. The first-order chi connectivity index (χ1) is 8.75. The highest BCUT2D eigenvalue weighted by atomic mass is 35.5. The first-order valence-corrected chi connectivity index (χ1v) is 5.83. The van der Waals surface area contributed by atoms with Gasteiger partial charge in [-0.05, 0) is 24.3 Å². The minimum Gasteiger partial charge on any atom is -0.376 e. The molecule has 2 N–H and O–H groups in total. The van der Waals surface area contributed by atoms with E-state index in [-0.39, 0.29) is 12.5 Å². The number of rotatable bonds is 4. The summed E-state index contributed by atoms with van der Waals surface area (Å²) in [6.45, 7) is 0.164. The Hall–Kier alpha value is -2.07. The number of amides is 1. The van der Waals surface area contributed by atoms with Crippen LogP contribution < -0.4 is 10.6 Å². The van der Waals surface area contributed by atoms with Gasteiger partial charge in [0, 0.05) is 11.9 Å². The van der Waals surface area contributed by atoms with Gasteiger partial charge in [-0.2, -0.15) is 0 Å². The number of nitrogens with one attached hydrogen (secondary N) is 2. The molecule has 1 aromatic heterocycles. The van der Waals surface area contributed by atoms with E-state index in [0.717, 1.165) is 5.69 Å². The lowest BCUT2D eigenvalue weighted by Gasteiger charge is -2.07. The number of hydrogen-bond acceptors (Lipinski definition) is 3. The largest absolute Gasteiger partial charge is 0.376 e. The second kappa shape index (κ2) is 6.02. The maximum atomic E-state index is 11.7. The lowest BCUT2D eigenvalue weighted by Crippen LogP contribution is -2.22. The predicted octanol–water partition coefficient (Wildman–Crippen LogP) is 2.79. The Labute approximate surface area is 110 Å². The number of nitrogens with zero attached hydrogens (tertiary/aromatic N) is 1. The van der Waals surface area contributed by atoms with Crippen molar-refractivity contribution >= 4 is 29.0 Å². The fourth-order valence-electron chi connectivity index (χ4n) is 1.39. The van der Waals surface area contributed by atoms with E-state index in [9.17, 15) is 4.79 Å². The molecule has 2 aromatic rings. The van der Waals surface area contributed by atoms with Gasteiger partial charge in [-0.1, -0.05) is 29.8 Å². The Kier molecular flexibility index (Phi) is 4.15. The number of aromatic nitrogens is 1. The van der Waals surface area contributed by atoms with Crippen LogP contribution in [0.2, 0.25) is 5.02 Å². The van der Waals surface area contributed by atoms with Crippen LogP contribution in [0.25, 0.3) is 0 Å². The molecule has 4 nitrogen and oxygen atoms in total. The summed E-state index contributed by atoms with van der Waals surface area (Å²) in [7, 11) is 0. The molecule has 1 amide bonds. The van der Waals surface area contributed by atoms with E-state index in [2.05, 4.69) is 15.6 Å². The van der Waals surface area contributed by atoms with Crippen LogP contribution in [0, 0.1) is 0 Å². The third-order valence-electron chi connectivity index (χ3n) is 2.24. The topological polar surface area (TPSA) is 54.0 Å². The van der Waals surface area contributed by atoms with Crippen molar-refractivity contribution in [2.24, 2.45) is 0 Å². The molecule has 0 aliphatic heterocycles. The molecule has 2 rings (SSSR count). The molecule has 1 heterocycles. The Bertz CT molecular complexity index is 531. The lowest BCUT2D eigenvalue weighted by molar-refractivity contribution is -0.114. The number of carbonyl (C=O) groups is 1. The summed E-state index contributed by atoms with van der Waals surface area (Å²) in [4.78, 5) is 15.6. The first-order valence-electron chi connectivity index (χ1n) is 5.45. The minimum absolute atomic E-state index is 0.164. The van der Waals surface area contributed by atoms with Gasteiger partial charge >= 0.3 is 0 Å². The van der Waals surface area contributed by atoms with Gasteiger partial charge in [0.1, 0.15) is 0 Å². The normalized spacial score (nSPS) is 9.83. The highest BCUT2D eigenvalue weighted by Gasteiger charge is 2.05. The maximum absolute atomic E-state index is 11.7. The molecular weight excluding hydrogens is 250 g/mol. The molecule has 0 aliphatic carbocycles. The number of anilines is 2. The monoisotopic (exact) mass is 261 g/mol. The van der Waals surface area contributed by atoms with Gasteiger partial charge in [0.2, 0.25) is 5.91 Å². The van der Waals surface area contributed by atoms with Crippen LogP contribution in [0.4, 0.5) is 11.5 Å². The van der Waals surface area contributed by atoms with Crippen molar-refractivity contribution < 1.29 is 4.79 Å². The molecule has 0 bridgehead atoms. The molecule has 0 unspecified atom stereocenters. The molecule has 92 valence electrons. The quantitative estimate of drug-likeness (QED) is 0.890. The van der Waals surface area contributed by atoms with Gasteiger partial charge in [0.15, 0.2) is 5.82 Å². The average Bonchev–Trinajstić information content (AvgIpc) is 2.40. The summed E-state index contributed by atoms with van der Waals surface area (Å²) in [5.74, 6) is 0.179. The Morgan fingerprint density at radius 1 is 1.17 bits per heavy atom. The van der Waals surface area contributed by atoms with E-state index >= 15 is 0 Å². The molecule has 18 heavy (non-hydrogen) atoms. The van der Waals surface area contributed by atoms with E-state index in [1.807, 2.05) is 30.3 Å². The summed E-state index contributed by atoms with van der Waals surface area (Å²) in [6.07, 6.45) is 1.58. The molecule has 0 aliphatic rings. The molecule has 0 spiro atoms. The van der Waals surface area contributed by atoms with Crippen LogP contribution in [-0.2, 0) is 4.79 Å². The van der Waals surface area contributed by atoms with Gasteiger partial charge in [-0.25, -0.2) is 4.98 Å². The fraction of sp³-hybridized carbons (Fsp3) is 0.0769. The smallest absolute Gasteiger partial charge is 0.244 e. The van der Waals surface area contributed by atoms with E-state index in [0.29, 0.717) is 10.8 Å². The Morgan fingerprint density at radius 3 is 2.67 bits per heavy atom. The van der Waals surface area contributed by atoms with E-state index in [4.69, 9.17) is 11.6 Å². The summed E-state index contributed by atoms with van der Waals surface area (Å²) in [5, 5.41) is 6.06. The predicted molar refractivity (Wildman–Crippen MR) is 72.8 cm³/mol. The van der Waals surface area contributed by atoms with Crippen LogP contribution >= 0.6 is 11.6 Å². The second-order valence-corrected chi connectivity index (χ2v) is 4.01. The lowest BCUT2D eigenvalue weighted by atomic mass is 10.3. The van der Waals surface area contributed by atoms with Gasteiger partial charge in [0.05, 0.1) is 11.6 Å². The molecule has 5 heteroatoms. The number of halogens is 1. The zero-order valence-corrected chi connectivity index (χ0v) is 10.3. The highest BCUT2D eigenvalue weighted by Crippen LogP contribution is 2.17. The summed E-state index contributed by atoms with van der Waals surface area (Å²) in [6, 6.07) is 12.9. The fourth-order valence-corrected chi connectivity index (χ4v) is 1.56. The van der Waals surface area contributed by atoms with Crippen molar-refractivity contribution in [3.05, 3.63) is 53.7 Å². The molecular formula is C13H12ClN3O. The van der Waals surface area contributed by atoms with Crippen molar-refractivity contribution in [1.29, 1.82) is 0 Å². The number of hydrogen-bond donors (Lipinski definition) is 2. The van der Waals surface area contributed by atoms with E-state index in [1.54, 1.807) is 18.3 Å². The molecule has 0 radical (unpaired) electrons. The van der Waals surface area contributed by atoms with Gasteiger partial charge in [-0.15, -0.1) is 0 Å². The summed E-state index contributed by atoms with van der Waals surface area (Å²) >= 11 is 5.89. The number of pyridine rings is 1. The first kappa shape index (κ1) is 12.4. The average molecular weight is 262 g/mol. The zero-order valence-electron chi connectivity index (χ0n) is 9.56. The third-order valence-corrected chi connectivity index (χ3v) is 2.55. The van der Waals surface area contributed by atoms with E-state index in [1.165, 1.54) is 0 Å². The third kappa shape index (κ3) is 3.46. The molecule has 1 aromatic carbocycles. The molecule has 0 saturated heterocycles. The number of carbonyl (C=O) groups excluding carboxylic acids is 1. The SMILES string of the molecule is O=C(CNc1ccccc1)Nc1ncccc1Cl. The molecule has 0 fully saturated rings. The van der Waals surface area contributed by atoms with Crippen LogP contribution in [0.5, 0.6) is 0 Å². The maximum Gasteiger partial charge on any atom is 0.244 e. The highest BCUT2D eigenvalue weighted by molar-refractivity contribution is 6.33. The van der Waals surface area contributed by atoms with Crippen LogP contribution in [0.15, 0.2) is 48.7 Å². The van der Waals surface area contributed by atoms with Gasteiger partial charge in [-0.3, -0.25) is 4.79 Å². The zero-order chi connectivity index (χ0) is 12.8. The van der Waals surface area contributed by atoms with Gasteiger partial charge in [0.25, 0.3) is 0 Å². The van der Waals surface area contributed by atoms with Crippen molar-refractivity contribution in [1.82, 2.24) is 4.98 Å². The van der Waals surface area contributed by atoms with Crippen LogP contribution in [-0.4, -0.2) is 17.4 Å². The van der Waals surface area contributed by atoms with Crippen LogP contribution in [0.3, 0.4) is 0 Å². The Balaban J connectivity index is 1.88. The van der Waals surface area contributed by atoms with Crippen molar-refractivity contribution in [3.63, 3.8) is 0 Å². The summed E-state index contributed by atoms with van der Waals surface area (Å²) < 4.78 is 0. The number of para-hydroxylation sites is 1. The number of benzene rings is 1. The standard InChI is InChI=1S/C13H12ClN3O/c14-11-7-4-8-15-13(11)17-12(18)9-16-10-5-2-1-3-6-10/h1-8,16H,9H2,(H,15,17,18). The summed E-state index contributed by atoms with van der Waals surface area (Å²) in [5.41, 5.74) is 0.889. The van der Waals surface area contributed by atoms with Crippen molar-refractivity contribution in [2.45, 2.75) is 0 Å². The van der Waals surface area contributed by atoms with Gasteiger partial charge < -0.3 is 10.6 Å². The van der Waals surface area contributed by atoms with Crippen LogP contribution in [0.1, 0.15) is 0 Å². The van der Waals surface area contributed by atoms with Crippen molar-refractivity contribution in [2.75, 3.05) is 17.2 Å².